The highest BCUT2D eigenvalue weighted by molar-refractivity contribution is 6.00. The Bertz CT molecular complexity index is 270. The number of benzene rings is 1. The largest absolute Gasteiger partial charge is 0.396 e. The van der Waals surface area contributed by atoms with Crippen molar-refractivity contribution in [1.82, 2.24) is 0 Å². The summed E-state index contributed by atoms with van der Waals surface area (Å²) in [6.45, 7) is 2.25. The maximum Gasteiger partial charge on any atom is 0.114 e. The summed E-state index contributed by atoms with van der Waals surface area (Å²) in [6, 6.07) is 9.47. The highest BCUT2D eigenvalue weighted by Gasteiger charge is 2.00. The monoisotopic (exact) mass is 179 g/mol. The zero-order valence-electron chi connectivity index (χ0n) is 7.60. The van der Waals surface area contributed by atoms with E-state index in [1.807, 2.05) is 37.3 Å². The zero-order chi connectivity index (χ0) is 9.52. The average molecular weight is 179 g/mol. The minimum absolute atomic E-state index is 0.107. The van der Waals surface area contributed by atoms with E-state index in [2.05, 4.69) is 5.16 Å². The van der Waals surface area contributed by atoms with Crippen molar-refractivity contribution >= 4 is 5.71 Å². The van der Waals surface area contributed by atoms with Crippen LogP contribution in [0.5, 0.6) is 0 Å². The minimum Gasteiger partial charge on any atom is -0.396 e. The Morgan fingerprint density at radius 2 is 2.08 bits per heavy atom. The van der Waals surface area contributed by atoms with Crippen LogP contribution in [0.2, 0.25) is 0 Å². The third-order valence-electron chi connectivity index (χ3n) is 1.56. The molecule has 13 heavy (non-hydrogen) atoms. The van der Waals surface area contributed by atoms with Crippen LogP contribution in [0.15, 0.2) is 35.5 Å². The van der Waals surface area contributed by atoms with Crippen molar-refractivity contribution in [2.75, 3.05) is 13.2 Å². The van der Waals surface area contributed by atoms with Crippen molar-refractivity contribution in [2.24, 2.45) is 5.16 Å². The second-order valence-electron chi connectivity index (χ2n) is 2.48. The van der Waals surface area contributed by atoms with E-state index in [1.54, 1.807) is 0 Å². The molecule has 0 aliphatic heterocycles. The van der Waals surface area contributed by atoms with Gasteiger partial charge in [-0.3, -0.25) is 0 Å². The Morgan fingerprint density at radius 3 is 2.62 bits per heavy atom. The van der Waals surface area contributed by atoms with Crippen molar-refractivity contribution in [2.45, 2.75) is 6.92 Å². The van der Waals surface area contributed by atoms with Gasteiger partial charge >= 0.3 is 0 Å². The summed E-state index contributed by atoms with van der Waals surface area (Å²) in [6.07, 6.45) is 0. The molecule has 1 aromatic carbocycles. The van der Waals surface area contributed by atoms with Crippen LogP contribution < -0.4 is 0 Å². The fourth-order valence-corrected chi connectivity index (χ4v) is 0.946. The number of hydrogen-bond donors (Lipinski definition) is 1. The third kappa shape index (κ3) is 2.87. The van der Waals surface area contributed by atoms with E-state index in [0.29, 0.717) is 12.3 Å². The SMILES string of the molecule is CCO/N=C(\CO)c1ccccc1. The van der Waals surface area contributed by atoms with Gasteiger partial charge < -0.3 is 9.94 Å². The second-order valence-corrected chi connectivity index (χ2v) is 2.48. The highest BCUT2D eigenvalue weighted by atomic mass is 16.6. The van der Waals surface area contributed by atoms with E-state index in [4.69, 9.17) is 9.94 Å². The molecule has 0 heterocycles. The van der Waals surface area contributed by atoms with Gasteiger partial charge in [0.1, 0.15) is 12.3 Å². The molecule has 0 unspecified atom stereocenters. The summed E-state index contributed by atoms with van der Waals surface area (Å²) in [4.78, 5) is 4.87. The number of hydrogen-bond acceptors (Lipinski definition) is 3. The zero-order valence-corrected chi connectivity index (χ0v) is 7.60. The molecule has 1 rings (SSSR count). The Balaban J connectivity index is 2.78. The molecule has 0 fully saturated rings. The van der Waals surface area contributed by atoms with Crippen molar-refractivity contribution in [1.29, 1.82) is 0 Å². The van der Waals surface area contributed by atoms with E-state index in [1.165, 1.54) is 0 Å². The van der Waals surface area contributed by atoms with Crippen LogP contribution in [-0.4, -0.2) is 24.0 Å². The molecule has 0 bridgehead atoms. The van der Waals surface area contributed by atoms with Gasteiger partial charge in [0.2, 0.25) is 0 Å². The Morgan fingerprint density at radius 1 is 1.38 bits per heavy atom. The molecule has 0 atom stereocenters. The predicted octanol–water partition coefficient (Wildman–Crippen LogP) is 1.42. The van der Waals surface area contributed by atoms with Gasteiger partial charge in [-0.15, -0.1) is 0 Å². The topological polar surface area (TPSA) is 41.8 Å². The normalized spacial score (nSPS) is 11.4. The van der Waals surface area contributed by atoms with Crippen molar-refractivity contribution in [3.63, 3.8) is 0 Å². The van der Waals surface area contributed by atoms with Crippen LogP contribution in [-0.2, 0) is 4.84 Å². The molecule has 0 aromatic heterocycles. The number of aliphatic hydroxyl groups is 1. The quantitative estimate of drug-likeness (QED) is 0.561. The molecule has 1 N–H and O–H groups in total. The highest BCUT2D eigenvalue weighted by Crippen LogP contribution is 2.01. The van der Waals surface area contributed by atoms with Crippen molar-refractivity contribution in [3.05, 3.63) is 35.9 Å². The Labute approximate surface area is 77.6 Å². The molecular formula is C10H13NO2. The molecule has 0 saturated carbocycles. The molecule has 1 aromatic rings. The van der Waals surface area contributed by atoms with Gasteiger partial charge in [-0.25, -0.2) is 0 Å². The standard InChI is InChI=1S/C10H13NO2/c1-2-13-11-10(8-12)9-6-4-3-5-7-9/h3-7,12H,2,8H2,1H3/b11-10+. The molecule has 0 aliphatic carbocycles. The van der Waals surface area contributed by atoms with Gasteiger partial charge in [0, 0.05) is 5.56 Å². The van der Waals surface area contributed by atoms with Crippen LogP contribution in [0.4, 0.5) is 0 Å². The average Bonchev–Trinajstić information content (AvgIpc) is 2.21. The molecule has 70 valence electrons. The molecule has 0 amide bonds. The van der Waals surface area contributed by atoms with Gasteiger partial charge in [0.15, 0.2) is 0 Å². The number of rotatable bonds is 4. The predicted molar refractivity (Wildman–Crippen MR) is 51.7 cm³/mol. The first kappa shape index (κ1) is 9.74. The number of aliphatic hydroxyl groups excluding tert-OH is 1. The van der Waals surface area contributed by atoms with Crippen LogP contribution in [0, 0.1) is 0 Å². The lowest BCUT2D eigenvalue weighted by molar-refractivity contribution is 0.156. The molecule has 0 aliphatic rings. The van der Waals surface area contributed by atoms with E-state index >= 15 is 0 Å². The maximum absolute atomic E-state index is 9.00. The van der Waals surface area contributed by atoms with Crippen LogP contribution >= 0.6 is 0 Å². The molecule has 0 radical (unpaired) electrons. The summed E-state index contributed by atoms with van der Waals surface area (Å²) in [5, 5.41) is 12.8. The summed E-state index contributed by atoms with van der Waals surface area (Å²) >= 11 is 0. The number of oxime groups is 1. The summed E-state index contributed by atoms with van der Waals surface area (Å²) in [5.41, 5.74) is 1.45. The Kier molecular flexibility index (Phi) is 3.99. The summed E-state index contributed by atoms with van der Waals surface area (Å²) < 4.78 is 0. The first-order valence-electron chi connectivity index (χ1n) is 4.23. The fourth-order valence-electron chi connectivity index (χ4n) is 0.946. The van der Waals surface area contributed by atoms with Crippen LogP contribution in [0.3, 0.4) is 0 Å². The lowest BCUT2D eigenvalue weighted by atomic mass is 10.1. The van der Waals surface area contributed by atoms with Gasteiger partial charge in [0.05, 0.1) is 6.61 Å². The lowest BCUT2D eigenvalue weighted by Crippen LogP contribution is -2.07. The van der Waals surface area contributed by atoms with E-state index in [-0.39, 0.29) is 6.61 Å². The van der Waals surface area contributed by atoms with Gasteiger partial charge in [-0.2, -0.15) is 0 Å². The molecular weight excluding hydrogens is 166 g/mol. The van der Waals surface area contributed by atoms with Gasteiger partial charge in [-0.1, -0.05) is 35.5 Å². The van der Waals surface area contributed by atoms with Crippen LogP contribution in [0.25, 0.3) is 0 Å². The van der Waals surface area contributed by atoms with E-state index in [9.17, 15) is 0 Å². The first-order valence-corrected chi connectivity index (χ1v) is 4.23. The third-order valence-corrected chi connectivity index (χ3v) is 1.56. The lowest BCUT2D eigenvalue weighted by Gasteiger charge is -2.01. The van der Waals surface area contributed by atoms with Crippen molar-refractivity contribution < 1.29 is 9.94 Å². The molecule has 3 heteroatoms. The van der Waals surface area contributed by atoms with Crippen LogP contribution in [0.1, 0.15) is 12.5 Å². The summed E-state index contributed by atoms with van der Waals surface area (Å²) in [5.74, 6) is 0. The fraction of sp³-hybridized carbons (Fsp3) is 0.300. The molecule has 0 spiro atoms. The minimum atomic E-state index is -0.107. The van der Waals surface area contributed by atoms with Gasteiger partial charge in [0.25, 0.3) is 0 Å². The van der Waals surface area contributed by atoms with E-state index in [0.717, 1.165) is 5.56 Å². The van der Waals surface area contributed by atoms with Gasteiger partial charge in [-0.05, 0) is 6.92 Å². The van der Waals surface area contributed by atoms with Crippen molar-refractivity contribution in [3.8, 4) is 0 Å². The summed E-state index contributed by atoms with van der Waals surface area (Å²) in [7, 11) is 0. The first-order chi connectivity index (χ1) is 6.38. The molecule has 3 nitrogen and oxygen atoms in total. The number of nitrogens with zero attached hydrogens (tertiary/aromatic N) is 1. The van der Waals surface area contributed by atoms with E-state index < -0.39 is 0 Å². The molecule has 0 saturated heterocycles. The second kappa shape index (κ2) is 5.32. The smallest absolute Gasteiger partial charge is 0.114 e. The maximum atomic E-state index is 9.00. The Hall–Kier alpha value is -1.35.